The number of hydrogen-bond donors (Lipinski definition) is 0. The number of fused-ring (bicyclic) bond motifs is 1. The quantitative estimate of drug-likeness (QED) is 0.732. The second-order valence-electron chi connectivity index (χ2n) is 7.17. The van der Waals surface area contributed by atoms with Crippen LogP contribution in [0.15, 0.2) is 47.6 Å². The lowest BCUT2D eigenvalue weighted by atomic mass is 9.96. The molecule has 0 aliphatic carbocycles. The van der Waals surface area contributed by atoms with Crippen LogP contribution in [0.5, 0.6) is 0 Å². The number of nitrogens with zero attached hydrogens (tertiary/aromatic N) is 4. The van der Waals surface area contributed by atoms with E-state index in [0.717, 1.165) is 73.8 Å². The Morgan fingerprint density at radius 1 is 1.26 bits per heavy atom. The van der Waals surface area contributed by atoms with E-state index >= 15 is 0 Å². The minimum Gasteiger partial charge on any atom is -0.379 e. The maximum absolute atomic E-state index is 5.44. The predicted octanol–water partition coefficient (Wildman–Crippen LogP) is 3.14. The van der Waals surface area contributed by atoms with Crippen molar-refractivity contribution < 1.29 is 9.37 Å². The fourth-order valence-electron chi connectivity index (χ4n) is 3.87. The highest BCUT2D eigenvalue weighted by atomic mass is 16.6. The van der Waals surface area contributed by atoms with E-state index in [0.29, 0.717) is 5.92 Å². The van der Waals surface area contributed by atoms with E-state index in [9.17, 15) is 0 Å². The molecule has 0 saturated carbocycles. The van der Waals surface area contributed by atoms with Crippen LogP contribution in [-0.4, -0.2) is 61.2 Å². The molecule has 0 N–H and O–H groups in total. The van der Waals surface area contributed by atoms with Gasteiger partial charge in [-0.25, -0.2) is 4.63 Å². The van der Waals surface area contributed by atoms with Gasteiger partial charge in [-0.1, -0.05) is 30.9 Å². The molecule has 3 heterocycles. The van der Waals surface area contributed by atoms with Gasteiger partial charge in [-0.05, 0) is 40.5 Å². The van der Waals surface area contributed by atoms with Crippen molar-refractivity contribution in [3.05, 3.63) is 48.6 Å². The van der Waals surface area contributed by atoms with E-state index in [1.54, 1.807) is 0 Å². The molecule has 4 rings (SSSR count). The first-order chi connectivity index (χ1) is 13.3. The molecule has 2 aromatic rings. The number of rotatable bonds is 6. The van der Waals surface area contributed by atoms with Gasteiger partial charge in [-0.3, -0.25) is 4.90 Å². The van der Waals surface area contributed by atoms with Gasteiger partial charge in [0.15, 0.2) is 5.52 Å². The molecule has 142 valence electrons. The predicted molar refractivity (Wildman–Crippen MR) is 108 cm³/mol. The first-order valence-corrected chi connectivity index (χ1v) is 9.55. The summed E-state index contributed by atoms with van der Waals surface area (Å²) in [6.45, 7) is 12.8. The lowest BCUT2D eigenvalue weighted by Crippen LogP contribution is -2.53. The average Bonchev–Trinajstić information content (AvgIpc) is 3.13. The zero-order valence-corrected chi connectivity index (χ0v) is 15.8. The fraction of sp³-hybridized carbons (Fsp3) is 0.429. The smallest absolute Gasteiger partial charge is 0.158 e. The Morgan fingerprint density at radius 2 is 2.07 bits per heavy atom. The van der Waals surface area contributed by atoms with Gasteiger partial charge in [-0.2, -0.15) is 0 Å². The number of allylic oxidation sites excluding steroid dienone is 5. The summed E-state index contributed by atoms with van der Waals surface area (Å²) >= 11 is 0. The van der Waals surface area contributed by atoms with Gasteiger partial charge < -0.3 is 9.64 Å². The van der Waals surface area contributed by atoms with Gasteiger partial charge in [0, 0.05) is 38.6 Å². The maximum atomic E-state index is 5.44. The molecule has 0 spiro atoms. The van der Waals surface area contributed by atoms with Crippen molar-refractivity contribution in [1.82, 2.24) is 15.2 Å². The van der Waals surface area contributed by atoms with E-state index in [1.165, 1.54) is 0 Å². The summed E-state index contributed by atoms with van der Waals surface area (Å²) in [5, 5.41) is 8.23. The minimum absolute atomic E-state index is 0.681. The maximum Gasteiger partial charge on any atom is 0.158 e. The zero-order valence-electron chi connectivity index (χ0n) is 15.8. The first-order valence-electron chi connectivity index (χ1n) is 9.55. The van der Waals surface area contributed by atoms with Gasteiger partial charge in [0.25, 0.3) is 0 Å². The highest BCUT2D eigenvalue weighted by Crippen LogP contribution is 2.34. The monoisotopic (exact) mass is 366 g/mol. The van der Waals surface area contributed by atoms with Crippen LogP contribution in [0, 0.1) is 5.92 Å². The Kier molecular flexibility index (Phi) is 5.36. The molecule has 2 saturated heterocycles. The average molecular weight is 366 g/mol. The third-order valence-electron chi connectivity index (χ3n) is 5.24. The van der Waals surface area contributed by atoms with Crippen molar-refractivity contribution in [1.29, 1.82) is 0 Å². The van der Waals surface area contributed by atoms with Crippen LogP contribution >= 0.6 is 0 Å². The number of ether oxygens (including phenoxy) is 1. The number of benzene rings is 1. The van der Waals surface area contributed by atoms with Crippen LogP contribution in [0.2, 0.25) is 0 Å². The minimum atomic E-state index is 0.681. The highest BCUT2D eigenvalue weighted by Gasteiger charge is 2.31. The zero-order chi connectivity index (χ0) is 18.6. The molecule has 0 unspecified atom stereocenters. The molecular formula is C21H26N4O2. The molecule has 6 heteroatoms. The molecule has 0 radical (unpaired) electrons. The fourth-order valence-corrected chi connectivity index (χ4v) is 3.87. The third kappa shape index (κ3) is 3.82. The molecule has 0 amide bonds. The molecule has 6 nitrogen and oxygen atoms in total. The highest BCUT2D eigenvalue weighted by molar-refractivity contribution is 5.93. The molecule has 1 aromatic heterocycles. The molecule has 1 aromatic carbocycles. The number of hydrogen-bond acceptors (Lipinski definition) is 6. The normalized spacial score (nSPS) is 19.7. The van der Waals surface area contributed by atoms with Crippen LogP contribution in [-0.2, 0) is 4.74 Å². The molecule has 2 aliphatic rings. The van der Waals surface area contributed by atoms with Crippen LogP contribution in [0.25, 0.3) is 16.6 Å². The Hall–Kier alpha value is -2.44. The number of morpholine rings is 1. The van der Waals surface area contributed by atoms with Crippen molar-refractivity contribution >= 4 is 22.3 Å². The van der Waals surface area contributed by atoms with Crippen molar-refractivity contribution in [2.75, 3.05) is 50.8 Å². The molecule has 2 aliphatic heterocycles. The summed E-state index contributed by atoms with van der Waals surface area (Å²) in [5.41, 5.74) is 4.92. The van der Waals surface area contributed by atoms with E-state index in [1.807, 2.05) is 31.2 Å². The number of anilines is 1. The summed E-state index contributed by atoms with van der Waals surface area (Å²) in [7, 11) is 0. The van der Waals surface area contributed by atoms with Crippen LogP contribution in [0.3, 0.4) is 0 Å². The van der Waals surface area contributed by atoms with Gasteiger partial charge in [0.1, 0.15) is 5.52 Å². The van der Waals surface area contributed by atoms with Gasteiger partial charge in [0.05, 0.1) is 18.9 Å². The Balaban J connectivity index is 1.54. The van der Waals surface area contributed by atoms with E-state index in [4.69, 9.17) is 9.37 Å². The van der Waals surface area contributed by atoms with Crippen LogP contribution in [0.1, 0.15) is 12.5 Å². The molecule has 27 heavy (non-hydrogen) atoms. The second kappa shape index (κ2) is 8.06. The Labute approximate surface area is 159 Å². The van der Waals surface area contributed by atoms with Crippen molar-refractivity contribution in [2.24, 2.45) is 5.92 Å². The van der Waals surface area contributed by atoms with Crippen molar-refractivity contribution in [2.45, 2.75) is 6.92 Å². The van der Waals surface area contributed by atoms with E-state index in [2.05, 4.69) is 38.8 Å². The van der Waals surface area contributed by atoms with Gasteiger partial charge in [0.2, 0.25) is 0 Å². The van der Waals surface area contributed by atoms with Crippen LogP contribution < -0.4 is 4.90 Å². The summed E-state index contributed by atoms with van der Waals surface area (Å²) in [5.74, 6) is 0.681. The van der Waals surface area contributed by atoms with Crippen molar-refractivity contribution in [3.8, 4) is 0 Å². The molecular weight excluding hydrogens is 340 g/mol. The standard InChI is InChI=1S/C21H26N4O2/c1-3-5-17(6-4-2)18-11-19-21(23-27-22-19)20(12-18)25-14-16(15-25)13-24-7-9-26-10-8-24/h3-6,11-12,16H,1,7-10,13-15H2,2H3/b6-4-,17-5+. The van der Waals surface area contributed by atoms with Gasteiger partial charge >= 0.3 is 0 Å². The summed E-state index contributed by atoms with van der Waals surface area (Å²) in [6.07, 6.45) is 7.93. The molecule has 0 bridgehead atoms. The Bertz CT molecular complexity index is 858. The number of aromatic nitrogens is 2. The van der Waals surface area contributed by atoms with Crippen molar-refractivity contribution in [3.63, 3.8) is 0 Å². The molecule has 0 atom stereocenters. The summed E-state index contributed by atoms with van der Waals surface area (Å²) in [6, 6.07) is 4.21. The van der Waals surface area contributed by atoms with Gasteiger partial charge in [-0.15, -0.1) is 0 Å². The summed E-state index contributed by atoms with van der Waals surface area (Å²) in [4.78, 5) is 4.88. The van der Waals surface area contributed by atoms with Crippen LogP contribution in [0.4, 0.5) is 5.69 Å². The topological polar surface area (TPSA) is 54.6 Å². The SMILES string of the molecule is C=C/C=C(\C=C/C)c1cc(N2CC(CN3CCOCC3)C2)c2nonc2c1. The largest absolute Gasteiger partial charge is 0.379 e. The Morgan fingerprint density at radius 3 is 2.81 bits per heavy atom. The van der Waals surface area contributed by atoms with E-state index < -0.39 is 0 Å². The lowest BCUT2D eigenvalue weighted by molar-refractivity contribution is 0.0286. The first kappa shape index (κ1) is 17.9. The molecule has 2 fully saturated rings. The van der Waals surface area contributed by atoms with E-state index in [-0.39, 0.29) is 0 Å². The lowest BCUT2D eigenvalue weighted by Gasteiger charge is -2.43. The third-order valence-corrected chi connectivity index (χ3v) is 5.24. The summed E-state index contributed by atoms with van der Waals surface area (Å²) < 4.78 is 10.5. The second-order valence-corrected chi connectivity index (χ2v) is 7.17.